The molecule has 0 radical (unpaired) electrons. The van der Waals surface area contributed by atoms with Crippen molar-refractivity contribution in [2.75, 3.05) is 7.11 Å². The molecule has 0 spiro atoms. The molecule has 0 fully saturated rings. The molecule has 4 rings (SSSR count). The quantitative estimate of drug-likeness (QED) is 0.437. The van der Waals surface area contributed by atoms with Crippen LogP contribution in [0.15, 0.2) is 70.4 Å². The van der Waals surface area contributed by atoms with E-state index in [4.69, 9.17) is 9.47 Å². The zero-order valence-corrected chi connectivity index (χ0v) is 18.1. The number of nitrogens with zero attached hydrogens (tertiary/aromatic N) is 3. The molecule has 0 saturated heterocycles. The molecule has 8 nitrogen and oxygen atoms in total. The molecule has 0 aliphatic rings. The molecule has 8 heteroatoms. The van der Waals surface area contributed by atoms with Crippen LogP contribution >= 0.6 is 0 Å². The second-order valence-corrected chi connectivity index (χ2v) is 7.48. The zero-order valence-electron chi connectivity index (χ0n) is 18.1. The summed E-state index contributed by atoms with van der Waals surface area (Å²) in [5.74, 6) is 0.119. The van der Waals surface area contributed by atoms with Gasteiger partial charge in [-0.15, -0.1) is 0 Å². The SMILES string of the molecule is COc1ccc(COC(=O)c2cn3c(=O)n(Cc4ccccc4)c(=O)c(C)c3n2C)cc1. The number of aromatic nitrogens is 3. The molecule has 164 valence electrons. The van der Waals surface area contributed by atoms with Gasteiger partial charge < -0.3 is 14.0 Å². The van der Waals surface area contributed by atoms with Crippen molar-refractivity contribution < 1.29 is 14.3 Å². The Balaban J connectivity index is 1.67. The summed E-state index contributed by atoms with van der Waals surface area (Å²) < 4.78 is 14.6. The highest BCUT2D eigenvalue weighted by molar-refractivity contribution is 5.88. The number of benzene rings is 2. The highest BCUT2D eigenvalue weighted by Crippen LogP contribution is 2.15. The molecule has 4 aromatic rings. The molecule has 2 aromatic heterocycles. The lowest BCUT2D eigenvalue weighted by molar-refractivity contribution is 0.0462. The van der Waals surface area contributed by atoms with Gasteiger partial charge in [0, 0.05) is 13.2 Å². The van der Waals surface area contributed by atoms with Crippen molar-refractivity contribution in [3.8, 4) is 5.75 Å². The maximum Gasteiger partial charge on any atom is 0.356 e. The van der Waals surface area contributed by atoms with Crippen molar-refractivity contribution in [2.24, 2.45) is 7.05 Å². The van der Waals surface area contributed by atoms with Crippen LogP contribution in [0.5, 0.6) is 5.75 Å². The largest absolute Gasteiger partial charge is 0.497 e. The molecule has 32 heavy (non-hydrogen) atoms. The van der Waals surface area contributed by atoms with E-state index >= 15 is 0 Å². The molecule has 0 saturated carbocycles. The van der Waals surface area contributed by atoms with Gasteiger partial charge in [-0.05, 0) is 30.2 Å². The number of hydrogen-bond donors (Lipinski definition) is 0. The predicted molar refractivity (Wildman–Crippen MR) is 119 cm³/mol. The van der Waals surface area contributed by atoms with Gasteiger partial charge in [-0.3, -0.25) is 13.8 Å². The van der Waals surface area contributed by atoms with E-state index in [-0.39, 0.29) is 18.8 Å². The van der Waals surface area contributed by atoms with E-state index in [0.29, 0.717) is 17.0 Å². The maximum absolute atomic E-state index is 13.1. The molecule has 2 heterocycles. The Morgan fingerprint density at radius 1 is 0.969 bits per heavy atom. The van der Waals surface area contributed by atoms with Gasteiger partial charge in [-0.1, -0.05) is 42.5 Å². The third-order valence-electron chi connectivity index (χ3n) is 5.42. The van der Waals surface area contributed by atoms with Crippen molar-refractivity contribution in [2.45, 2.75) is 20.1 Å². The highest BCUT2D eigenvalue weighted by Gasteiger charge is 2.21. The Kier molecular flexibility index (Phi) is 5.68. The molecule has 0 bridgehead atoms. The van der Waals surface area contributed by atoms with E-state index in [2.05, 4.69) is 0 Å². The van der Waals surface area contributed by atoms with Crippen LogP contribution in [0.25, 0.3) is 5.65 Å². The lowest BCUT2D eigenvalue weighted by atomic mass is 10.2. The number of fused-ring (bicyclic) bond motifs is 1. The van der Waals surface area contributed by atoms with E-state index < -0.39 is 17.2 Å². The van der Waals surface area contributed by atoms with Crippen molar-refractivity contribution in [1.29, 1.82) is 0 Å². The second-order valence-electron chi connectivity index (χ2n) is 7.48. The van der Waals surface area contributed by atoms with Crippen LogP contribution in [-0.4, -0.2) is 26.6 Å². The van der Waals surface area contributed by atoms with E-state index in [1.54, 1.807) is 45.3 Å². The Morgan fingerprint density at radius 2 is 1.66 bits per heavy atom. The number of carbonyl (C=O) groups excluding carboxylic acids is 1. The number of methoxy groups -OCH3 is 1. The van der Waals surface area contributed by atoms with Crippen LogP contribution in [0.2, 0.25) is 0 Å². The zero-order chi connectivity index (χ0) is 22.8. The summed E-state index contributed by atoms with van der Waals surface area (Å²) in [6.07, 6.45) is 1.42. The maximum atomic E-state index is 13.1. The number of rotatable bonds is 6. The van der Waals surface area contributed by atoms with Gasteiger partial charge in [0.2, 0.25) is 0 Å². The number of aryl methyl sites for hydroxylation is 2. The Bertz CT molecular complexity index is 1400. The van der Waals surface area contributed by atoms with Gasteiger partial charge in [-0.25, -0.2) is 9.59 Å². The van der Waals surface area contributed by atoms with Crippen LogP contribution < -0.4 is 16.0 Å². The Morgan fingerprint density at radius 3 is 2.31 bits per heavy atom. The summed E-state index contributed by atoms with van der Waals surface area (Å²) in [7, 11) is 3.21. The second kappa shape index (κ2) is 8.58. The van der Waals surface area contributed by atoms with Gasteiger partial charge >= 0.3 is 11.7 Å². The Hall–Kier alpha value is -4.07. The first-order valence-corrected chi connectivity index (χ1v) is 10.1. The monoisotopic (exact) mass is 433 g/mol. The first-order valence-electron chi connectivity index (χ1n) is 10.1. The fourth-order valence-electron chi connectivity index (χ4n) is 3.68. The van der Waals surface area contributed by atoms with Gasteiger partial charge in [0.25, 0.3) is 5.56 Å². The van der Waals surface area contributed by atoms with E-state index in [1.807, 2.05) is 30.3 Å². The van der Waals surface area contributed by atoms with Crippen LogP contribution in [0.4, 0.5) is 0 Å². The van der Waals surface area contributed by atoms with E-state index in [0.717, 1.165) is 11.1 Å². The van der Waals surface area contributed by atoms with Crippen LogP contribution in [0.1, 0.15) is 27.2 Å². The molecular weight excluding hydrogens is 410 g/mol. The average molecular weight is 433 g/mol. The summed E-state index contributed by atoms with van der Waals surface area (Å²) in [4.78, 5) is 38.7. The predicted octanol–water partition coefficient (Wildman–Crippen LogP) is 2.52. The third kappa shape index (κ3) is 3.82. The van der Waals surface area contributed by atoms with Crippen LogP contribution in [-0.2, 0) is 24.9 Å². The van der Waals surface area contributed by atoms with Crippen molar-refractivity contribution >= 4 is 11.6 Å². The fourth-order valence-corrected chi connectivity index (χ4v) is 3.68. The van der Waals surface area contributed by atoms with Gasteiger partial charge in [0.15, 0.2) is 0 Å². The lowest BCUT2D eigenvalue weighted by Gasteiger charge is -2.09. The minimum atomic E-state index is -0.590. The van der Waals surface area contributed by atoms with Crippen LogP contribution in [0, 0.1) is 6.92 Å². The van der Waals surface area contributed by atoms with Crippen molar-refractivity contribution in [3.05, 3.63) is 104 Å². The van der Waals surface area contributed by atoms with Crippen molar-refractivity contribution in [1.82, 2.24) is 13.5 Å². The third-order valence-corrected chi connectivity index (χ3v) is 5.42. The molecule has 0 atom stereocenters. The summed E-state index contributed by atoms with van der Waals surface area (Å²) in [5, 5.41) is 0. The number of carbonyl (C=O) groups is 1. The topological polar surface area (TPSA) is 83.9 Å². The van der Waals surface area contributed by atoms with Gasteiger partial charge in [0.05, 0.1) is 19.2 Å². The van der Waals surface area contributed by atoms with Gasteiger partial charge in [-0.2, -0.15) is 0 Å². The number of esters is 1. The molecule has 0 amide bonds. The summed E-state index contributed by atoms with van der Waals surface area (Å²) in [6.45, 7) is 1.86. The van der Waals surface area contributed by atoms with E-state index in [9.17, 15) is 14.4 Å². The molecule has 0 aliphatic heterocycles. The number of ether oxygens (including phenoxy) is 2. The lowest BCUT2D eigenvalue weighted by Crippen LogP contribution is -2.39. The van der Waals surface area contributed by atoms with E-state index in [1.165, 1.54) is 19.7 Å². The molecule has 2 aromatic carbocycles. The summed E-state index contributed by atoms with van der Waals surface area (Å²) in [5.41, 5.74) is 1.64. The molecule has 0 N–H and O–H groups in total. The smallest absolute Gasteiger partial charge is 0.356 e. The molecule has 0 unspecified atom stereocenters. The molecular formula is C24H23N3O5. The normalized spacial score (nSPS) is 11.0. The number of imidazole rings is 1. The van der Waals surface area contributed by atoms with Crippen LogP contribution in [0.3, 0.4) is 0 Å². The number of hydrogen-bond acceptors (Lipinski definition) is 5. The average Bonchev–Trinajstić information content (AvgIpc) is 3.17. The minimum Gasteiger partial charge on any atom is -0.497 e. The minimum absolute atomic E-state index is 0.0685. The van der Waals surface area contributed by atoms with Gasteiger partial charge in [0.1, 0.15) is 23.7 Å². The standard InChI is InChI=1S/C24H23N3O5/c1-16-21-25(2)20(23(29)32-15-18-9-11-19(31-3)12-10-18)14-26(21)24(30)27(22(16)28)13-17-7-5-4-6-8-17/h4-12,14H,13,15H2,1-3H3. The fraction of sp³-hybridized carbons (Fsp3) is 0.208. The molecule has 0 aliphatic carbocycles. The first-order chi connectivity index (χ1) is 15.4. The van der Waals surface area contributed by atoms with Crippen molar-refractivity contribution in [3.63, 3.8) is 0 Å². The summed E-state index contributed by atoms with van der Waals surface area (Å²) in [6, 6.07) is 16.4. The first kappa shape index (κ1) is 21.2. The highest BCUT2D eigenvalue weighted by atomic mass is 16.5. The summed E-state index contributed by atoms with van der Waals surface area (Å²) >= 11 is 0. The Labute approximate surface area is 183 Å².